The van der Waals surface area contributed by atoms with Gasteiger partial charge in [-0.05, 0) is 36.9 Å². The van der Waals surface area contributed by atoms with Gasteiger partial charge in [-0.2, -0.15) is 0 Å². The molecule has 4 heteroatoms. The summed E-state index contributed by atoms with van der Waals surface area (Å²) < 4.78 is 0. The highest BCUT2D eigenvalue weighted by Crippen LogP contribution is 2.20. The van der Waals surface area contributed by atoms with Crippen LogP contribution in [0.4, 0.5) is 10.5 Å². The van der Waals surface area contributed by atoms with E-state index in [1.54, 1.807) is 11.8 Å². The Morgan fingerprint density at radius 1 is 1.40 bits per heavy atom. The Bertz CT molecular complexity index is 324. The summed E-state index contributed by atoms with van der Waals surface area (Å²) in [7, 11) is 0. The van der Waals surface area contributed by atoms with Crippen LogP contribution in [0, 0.1) is 0 Å². The zero-order chi connectivity index (χ0) is 11.3. The number of anilines is 1. The molecule has 1 amide bonds. The number of thioether (sulfide) groups is 1. The Hall–Kier alpha value is -1.16. The summed E-state index contributed by atoms with van der Waals surface area (Å²) in [6, 6.07) is 7.56. The maximum atomic E-state index is 11.0. The SMILES string of the molecule is CCCN(C(=O)O)c1ccc(SC)cc1. The number of rotatable bonds is 4. The van der Waals surface area contributed by atoms with Gasteiger partial charge in [0.05, 0.1) is 0 Å². The van der Waals surface area contributed by atoms with Crippen molar-refractivity contribution in [1.29, 1.82) is 0 Å². The van der Waals surface area contributed by atoms with E-state index >= 15 is 0 Å². The van der Waals surface area contributed by atoms with Gasteiger partial charge in [-0.3, -0.25) is 4.90 Å². The molecular formula is C11H15NO2S. The Labute approximate surface area is 94.1 Å². The van der Waals surface area contributed by atoms with Crippen LogP contribution in [0.3, 0.4) is 0 Å². The second-order valence-electron chi connectivity index (χ2n) is 3.13. The largest absolute Gasteiger partial charge is 0.465 e. The van der Waals surface area contributed by atoms with Crippen LogP contribution in [-0.2, 0) is 0 Å². The van der Waals surface area contributed by atoms with E-state index in [-0.39, 0.29) is 0 Å². The lowest BCUT2D eigenvalue weighted by molar-refractivity contribution is 0.202. The second kappa shape index (κ2) is 5.66. The van der Waals surface area contributed by atoms with Crippen LogP contribution in [-0.4, -0.2) is 24.0 Å². The Kier molecular flexibility index (Phi) is 4.49. The number of carboxylic acid groups (broad SMARTS) is 1. The van der Waals surface area contributed by atoms with E-state index in [0.29, 0.717) is 6.54 Å². The lowest BCUT2D eigenvalue weighted by Crippen LogP contribution is -2.29. The number of hydrogen-bond donors (Lipinski definition) is 1. The third-order valence-electron chi connectivity index (χ3n) is 2.06. The predicted molar refractivity (Wildman–Crippen MR) is 63.9 cm³/mol. The van der Waals surface area contributed by atoms with Crippen LogP contribution in [0.1, 0.15) is 13.3 Å². The normalized spacial score (nSPS) is 10.0. The topological polar surface area (TPSA) is 40.5 Å². The van der Waals surface area contributed by atoms with E-state index in [2.05, 4.69) is 0 Å². The Morgan fingerprint density at radius 2 is 2.00 bits per heavy atom. The summed E-state index contributed by atoms with van der Waals surface area (Å²) in [4.78, 5) is 13.5. The van der Waals surface area contributed by atoms with Crippen LogP contribution in [0.25, 0.3) is 0 Å². The molecule has 0 aliphatic rings. The molecule has 0 heterocycles. The molecule has 0 radical (unpaired) electrons. The van der Waals surface area contributed by atoms with Gasteiger partial charge in [-0.15, -0.1) is 11.8 Å². The van der Waals surface area contributed by atoms with E-state index in [4.69, 9.17) is 5.11 Å². The van der Waals surface area contributed by atoms with E-state index in [1.165, 1.54) is 4.90 Å². The average Bonchev–Trinajstić information content (AvgIpc) is 2.26. The molecule has 1 N–H and O–H groups in total. The molecule has 0 saturated heterocycles. The van der Waals surface area contributed by atoms with Crippen molar-refractivity contribution in [3.63, 3.8) is 0 Å². The zero-order valence-electron chi connectivity index (χ0n) is 8.93. The van der Waals surface area contributed by atoms with Gasteiger partial charge >= 0.3 is 6.09 Å². The minimum Gasteiger partial charge on any atom is -0.465 e. The molecule has 0 atom stereocenters. The van der Waals surface area contributed by atoms with Crippen molar-refractivity contribution in [2.24, 2.45) is 0 Å². The van der Waals surface area contributed by atoms with Crippen LogP contribution in [0.15, 0.2) is 29.2 Å². The number of nitrogens with zero attached hydrogens (tertiary/aromatic N) is 1. The van der Waals surface area contributed by atoms with Gasteiger partial charge < -0.3 is 5.11 Å². The monoisotopic (exact) mass is 225 g/mol. The average molecular weight is 225 g/mol. The van der Waals surface area contributed by atoms with Gasteiger partial charge in [0.2, 0.25) is 0 Å². The predicted octanol–water partition coefficient (Wildman–Crippen LogP) is 3.30. The van der Waals surface area contributed by atoms with Crippen LogP contribution < -0.4 is 4.90 Å². The third-order valence-corrected chi connectivity index (χ3v) is 2.81. The molecule has 1 aromatic carbocycles. The van der Waals surface area contributed by atoms with Crippen molar-refractivity contribution in [2.75, 3.05) is 17.7 Å². The second-order valence-corrected chi connectivity index (χ2v) is 4.01. The van der Waals surface area contributed by atoms with Crippen LogP contribution >= 0.6 is 11.8 Å². The van der Waals surface area contributed by atoms with Gasteiger partial charge in [0.1, 0.15) is 0 Å². The summed E-state index contributed by atoms with van der Waals surface area (Å²) in [6.07, 6.45) is 1.92. The fourth-order valence-corrected chi connectivity index (χ4v) is 1.73. The number of hydrogen-bond acceptors (Lipinski definition) is 2. The minimum absolute atomic E-state index is 0.536. The molecule has 15 heavy (non-hydrogen) atoms. The molecular weight excluding hydrogens is 210 g/mol. The minimum atomic E-state index is -0.895. The maximum Gasteiger partial charge on any atom is 0.411 e. The Balaban J connectivity index is 2.86. The molecule has 0 aromatic heterocycles. The van der Waals surface area contributed by atoms with E-state index in [9.17, 15) is 4.79 Å². The van der Waals surface area contributed by atoms with Crippen molar-refractivity contribution >= 4 is 23.5 Å². The standard InChI is InChI=1S/C11H15NO2S/c1-3-8-12(11(13)14)9-4-6-10(15-2)7-5-9/h4-7H,3,8H2,1-2H3,(H,13,14). The number of carbonyl (C=O) groups is 1. The van der Waals surface area contributed by atoms with Gasteiger partial charge in [-0.25, -0.2) is 4.79 Å². The smallest absolute Gasteiger partial charge is 0.411 e. The molecule has 1 rings (SSSR count). The number of amides is 1. The highest BCUT2D eigenvalue weighted by Gasteiger charge is 2.12. The van der Waals surface area contributed by atoms with E-state index < -0.39 is 6.09 Å². The summed E-state index contributed by atoms with van der Waals surface area (Å²) in [6.45, 7) is 2.50. The quantitative estimate of drug-likeness (QED) is 0.799. The molecule has 0 aliphatic carbocycles. The van der Waals surface area contributed by atoms with Crippen molar-refractivity contribution in [1.82, 2.24) is 0 Å². The van der Waals surface area contributed by atoms with E-state index in [1.807, 2.05) is 37.4 Å². The molecule has 3 nitrogen and oxygen atoms in total. The molecule has 0 unspecified atom stereocenters. The number of benzene rings is 1. The highest BCUT2D eigenvalue weighted by molar-refractivity contribution is 7.98. The fourth-order valence-electron chi connectivity index (χ4n) is 1.32. The lowest BCUT2D eigenvalue weighted by Gasteiger charge is -2.18. The van der Waals surface area contributed by atoms with Gasteiger partial charge in [0, 0.05) is 17.1 Å². The molecule has 0 saturated carbocycles. The summed E-state index contributed by atoms with van der Waals surface area (Å²) >= 11 is 1.65. The zero-order valence-corrected chi connectivity index (χ0v) is 9.75. The van der Waals surface area contributed by atoms with Gasteiger partial charge in [-0.1, -0.05) is 6.92 Å². The van der Waals surface area contributed by atoms with Crippen LogP contribution in [0.5, 0.6) is 0 Å². The molecule has 0 spiro atoms. The first-order valence-electron chi connectivity index (χ1n) is 4.83. The molecule has 0 fully saturated rings. The van der Waals surface area contributed by atoms with Crippen molar-refractivity contribution in [3.05, 3.63) is 24.3 Å². The first-order chi connectivity index (χ1) is 7.19. The summed E-state index contributed by atoms with van der Waals surface area (Å²) in [5.74, 6) is 0. The van der Waals surface area contributed by atoms with Crippen molar-refractivity contribution in [2.45, 2.75) is 18.2 Å². The van der Waals surface area contributed by atoms with E-state index in [0.717, 1.165) is 17.0 Å². The molecule has 0 aliphatic heterocycles. The third kappa shape index (κ3) is 3.16. The highest BCUT2D eigenvalue weighted by atomic mass is 32.2. The van der Waals surface area contributed by atoms with Crippen molar-refractivity contribution in [3.8, 4) is 0 Å². The van der Waals surface area contributed by atoms with Crippen molar-refractivity contribution < 1.29 is 9.90 Å². The summed E-state index contributed by atoms with van der Waals surface area (Å²) in [5.41, 5.74) is 0.738. The summed E-state index contributed by atoms with van der Waals surface area (Å²) in [5, 5.41) is 9.01. The van der Waals surface area contributed by atoms with Crippen LogP contribution in [0.2, 0.25) is 0 Å². The maximum absolute atomic E-state index is 11.0. The van der Waals surface area contributed by atoms with Gasteiger partial charge in [0.25, 0.3) is 0 Å². The lowest BCUT2D eigenvalue weighted by atomic mass is 10.3. The first-order valence-corrected chi connectivity index (χ1v) is 6.06. The Morgan fingerprint density at radius 3 is 2.40 bits per heavy atom. The van der Waals surface area contributed by atoms with Gasteiger partial charge in [0.15, 0.2) is 0 Å². The molecule has 1 aromatic rings. The molecule has 82 valence electrons. The molecule has 0 bridgehead atoms. The first kappa shape index (κ1) is 11.9. The fraction of sp³-hybridized carbons (Fsp3) is 0.364.